The van der Waals surface area contributed by atoms with Crippen LogP contribution < -0.4 is 10.1 Å². The minimum atomic E-state index is -0.559. The molecule has 1 atom stereocenters. The number of ether oxygens (including phenoxy) is 2. The molecule has 3 heterocycles. The first kappa shape index (κ1) is 17.9. The first-order valence-corrected chi connectivity index (χ1v) is 8.26. The van der Waals surface area contributed by atoms with E-state index in [1.54, 1.807) is 25.4 Å². The van der Waals surface area contributed by atoms with Gasteiger partial charge in [0, 0.05) is 12.1 Å². The number of hydrogen-bond acceptors (Lipinski definition) is 7. The maximum Gasteiger partial charge on any atom is 0.407 e. The maximum atomic E-state index is 11.6. The monoisotopic (exact) mass is 376 g/mol. The van der Waals surface area contributed by atoms with Crippen LogP contribution in [0.1, 0.15) is 25.6 Å². The quantitative estimate of drug-likeness (QED) is 0.729. The van der Waals surface area contributed by atoms with Crippen molar-refractivity contribution in [1.82, 2.24) is 29.9 Å². The lowest BCUT2D eigenvalue weighted by Gasteiger charge is -2.15. The highest BCUT2D eigenvalue weighted by atomic mass is 35.5. The Labute approximate surface area is 154 Å². The minimum Gasteiger partial charge on any atom is -0.494 e. The van der Waals surface area contributed by atoms with Gasteiger partial charge in [-0.05, 0) is 19.9 Å². The highest BCUT2D eigenvalue weighted by molar-refractivity contribution is 6.32. The number of alkyl carbamates (subject to hydrolysis) is 1. The van der Waals surface area contributed by atoms with Crippen molar-refractivity contribution in [3.8, 4) is 17.0 Å². The Balaban J connectivity index is 2.00. The first-order valence-electron chi connectivity index (χ1n) is 7.88. The lowest BCUT2D eigenvalue weighted by Crippen LogP contribution is -2.25. The number of pyridine rings is 1. The van der Waals surface area contributed by atoms with E-state index in [9.17, 15) is 4.79 Å². The number of rotatable bonds is 5. The average molecular weight is 377 g/mol. The number of carbonyl (C=O) groups is 1. The van der Waals surface area contributed by atoms with Gasteiger partial charge in [0.25, 0.3) is 0 Å². The van der Waals surface area contributed by atoms with E-state index in [2.05, 4.69) is 25.4 Å². The van der Waals surface area contributed by atoms with Gasteiger partial charge in [-0.3, -0.25) is 4.98 Å². The summed E-state index contributed by atoms with van der Waals surface area (Å²) in [4.78, 5) is 24.3. The number of carbonyl (C=O) groups excluding carboxylic acids is 1. The molecule has 0 unspecified atom stereocenters. The highest BCUT2D eigenvalue weighted by Crippen LogP contribution is 2.31. The number of nitrogens with zero attached hydrogens (tertiary/aromatic N) is 5. The first-order chi connectivity index (χ1) is 12.5. The molecular weight excluding hydrogens is 360 g/mol. The number of hydrogen-bond donors (Lipinski definition) is 1. The summed E-state index contributed by atoms with van der Waals surface area (Å²) >= 11 is 6.19. The summed E-state index contributed by atoms with van der Waals surface area (Å²) in [6, 6.07) is 1.74. The molecule has 0 aliphatic carbocycles. The van der Waals surface area contributed by atoms with Crippen molar-refractivity contribution in [2.75, 3.05) is 13.7 Å². The lowest BCUT2D eigenvalue weighted by atomic mass is 10.1. The Kier molecular flexibility index (Phi) is 5.17. The molecule has 0 radical (unpaired) electrons. The standard InChI is InChI=1S/C16H17ClN6O3/c1-4-18-16(24)26-9(2)11-5-10(13(25-3)6-19-11)12-7-23-15(14(17)22-12)20-8-21-23/h5-9H,4H2,1-3H3,(H,18,24)/t9-/m1/s1. The van der Waals surface area contributed by atoms with Gasteiger partial charge < -0.3 is 14.8 Å². The number of fused-ring (bicyclic) bond motifs is 1. The van der Waals surface area contributed by atoms with Gasteiger partial charge >= 0.3 is 6.09 Å². The van der Waals surface area contributed by atoms with E-state index in [0.717, 1.165) is 0 Å². The molecule has 0 spiro atoms. The van der Waals surface area contributed by atoms with Crippen LogP contribution in [-0.2, 0) is 4.74 Å². The normalized spacial score (nSPS) is 12.0. The number of halogens is 1. The zero-order chi connectivity index (χ0) is 18.7. The summed E-state index contributed by atoms with van der Waals surface area (Å²) in [6.45, 7) is 4.02. The van der Waals surface area contributed by atoms with E-state index in [1.807, 2.05) is 6.92 Å². The van der Waals surface area contributed by atoms with Crippen molar-refractivity contribution >= 4 is 23.3 Å². The van der Waals surface area contributed by atoms with Crippen LogP contribution in [0, 0.1) is 0 Å². The van der Waals surface area contributed by atoms with E-state index in [4.69, 9.17) is 21.1 Å². The van der Waals surface area contributed by atoms with Gasteiger partial charge in [0.1, 0.15) is 18.2 Å². The van der Waals surface area contributed by atoms with Crippen molar-refractivity contribution in [3.05, 3.63) is 35.6 Å². The molecule has 136 valence electrons. The SMILES string of the molecule is CCNC(=O)O[C@H](C)c1cc(-c2cn3ncnc3c(Cl)n2)c(OC)cn1. The maximum absolute atomic E-state index is 11.6. The van der Waals surface area contributed by atoms with Crippen LogP contribution in [0.25, 0.3) is 16.9 Å². The zero-order valence-electron chi connectivity index (χ0n) is 14.4. The molecule has 0 aromatic carbocycles. The Morgan fingerprint density at radius 3 is 2.96 bits per heavy atom. The van der Waals surface area contributed by atoms with Crippen LogP contribution in [-0.4, -0.2) is 44.3 Å². The Bertz CT molecular complexity index is 945. The largest absolute Gasteiger partial charge is 0.494 e. The van der Waals surface area contributed by atoms with Crippen molar-refractivity contribution in [3.63, 3.8) is 0 Å². The Morgan fingerprint density at radius 1 is 1.42 bits per heavy atom. The summed E-state index contributed by atoms with van der Waals surface area (Å²) in [5.41, 5.74) is 2.17. The van der Waals surface area contributed by atoms with Crippen molar-refractivity contribution in [2.45, 2.75) is 20.0 Å². The molecular formula is C16H17ClN6O3. The summed E-state index contributed by atoms with van der Waals surface area (Å²) < 4.78 is 12.2. The lowest BCUT2D eigenvalue weighted by molar-refractivity contribution is 0.105. The fourth-order valence-corrected chi connectivity index (χ4v) is 2.60. The molecule has 1 N–H and O–H groups in total. The number of methoxy groups -OCH3 is 1. The molecule has 3 aromatic rings. The molecule has 3 aromatic heterocycles. The predicted molar refractivity (Wildman–Crippen MR) is 94.1 cm³/mol. The fourth-order valence-electron chi connectivity index (χ4n) is 2.37. The van der Waals surface area contributed by atoms with E-state index >= 15 is 0 Å². The number of aromatic nitrogens is 5. The van der Waals surface area contributed by atoms with Crippen molar-refractivity contribution in [1.29, 1.82) is 0 Å². The third-order valence-electron chi connectivity index (χ3n) is 3.63. The van der Waals surface area contributed by atoms with E-state index in [0.29, 0.717) is 34.9 Å². The second-order valence-electron chi connectivity index (χ2n) is 5.33. The van der Waals surface area contributed by atoms with Gasteiger partial charge in [-0.25, -0.2) is 19.3 Å². The third kappa shape index (κ3) is 3.52. The van der Waals surface area contributed by atoms with Crippen LogP contribution in [0.5, 0.6) is 5.75 Å². The van der Waals surface area contributed by atoms with Gasteiger partial charge in [-0.15, -0.1) is 0 Å². The number of amides is 1. The van der Waals surface area contributed by atoms with Crippen molar-refractivity contribution < 1.29 is 14.3 Å². The summed E-state index contributed by atoms with van der Waals surface area (Å²) in [7, 11) is 1.53. The van der Waals surface area contributed by atoms with Gasteiger partial charge in [-0.1, -0.05) is 11.6 Å². The zero-order valence-corrected chi connectivity index (χ0v) is 15.2. The molecule has 3 rings (SSSR count). The van der Waals surface area contributed by atoms with Crippen LogP contribution in [0.15, 0.2) is 24.8 Å². The molecule has 10 heteroatoms. The third-order valence-corrected chi connectivity index (χ3v) is 3.88. The summed E-state index contributed by atoms with van der Waals surface area (Å²) in [6.07, 6.45) is 3.56. The number of nitrogens with one attached hydrogen (secondary N) is 1. The van der Waals surface area contributed by atoms with Gasteiger partial charge in [0.2, 0.25) is 0 Å². The van der Waals surface area contributed by atoms with Gasteiger partial charge in [0.05, 0.1) is 30.9 Å². The molecule has 0 aliphatic heterocycles. The topological polar surface area (TPSA) is 104 Å². The molecule has 0 saturated heterocycles. The Morgan fingerprint density at radius 2 is 2.23 bits per heavy atom. The van der Waals surface area contributed by atoms with Gasteiger partial charge in [-0.2, -0.15) is 5.10 Å². The smallest absolute Gasteiger partial charge is 0.407 e. The van der Waals surface area contributed by atoms with E-state index < -0.39 is 12.2 Å². The predicted octanol–water partition coefficient (Wildman–Crippen LogP) is 2.66. The van der Waals surface area contributed by atoms with Crippen LogP contribution >= 0.6 is 11.6 Å². The second kappa shape index (κ2) is 7.52. The Hall–Kier alpha value is -2.94. The van der Waals surface area contributed by atoms with E-state index in [-0.39, 0.29) is 5.15 Å². The minimum absolute atomic E-state index is 0.215. The molecule has 0 aliphatic rings. The van der Waals surface area contributed by atoms with Crippen LogP contribution in [0.3, 0.4) is 0 Å². The molecule has 0 fully saturated rings. The molecule has 0 saturated carbocycles. The second-order valence-corrected chi connectivity index (χ2v) is 5.69. The van der Waals surface area contributed by atoms with Gasteiger partial charge in [0.15, 0.2) is 10.8 Å². The van der Waals surface area contributed by atoms with E-state index in [1.165, 1.54) is 18.0 Å². The van der Waals surface area contributed by atoms with Crippen molar-refractivity contribution in [2.24, 2.45) is 0 Å². The molecule has 1 amide bonds. The molecule has 26 heavy (non-hydrogen) atoms. The summed E-state index contributed by atoms with van der Waals surface area (Å²) in [5.74, 6) is 0.502. The summed E-state index contributed by atoms with van der Waals surface area (Å²) in [5, 5.41) is 6.88. The van der Waals surface area contributed by atoms with Crippen LogP contribution in [0.2, 0.25) is 5.15 Å². The fraction of sp³-hybridized carbons (Fsp3) is 0.312. The molecule has 9 nitrogen and oxygen atoms in total. The highest BCUT2D eigenvalue weighted by Gasteiger charge is 2.18. The average Bonchev–Trinajstić information content (AvgIpc) is 3.10. The van der Waals surface area contributed by atoms with Crippen LogP contribution in [0.4, 0.5) is 4.79 Å². The molecule has 0 bridgehead atoms.